The van der Waals surface area contributed by atoms with Crippen LogP contribution in [0.4, 0.5) is 4.39 Å². The molecule has 0 fully saturated rings. The second-order valence-electron chi connectivity index (χ2n) is 5.03. The van der Waals surface area contributed by atoms with Gasteiger partial charge in [-0.3, -0.25) is 4.98 Å². The largest absolute Gasteiger partial charge is 0.310 e. The van der Waals surface area contributed by atoms with Gasteiger partial charge < -0.3 is 5.32 Å². The van der Waals surface area contributed by atoms with E-state index in [2.05, 4.69) is 36.3 Å². The average Bonchev–Trinajstić information content (AvgIpc) is 2.46. The van der Waals surface area contributed by atoms with Gasteiger partial charge in [0.2, 0.25) is 0 Å². The summed E-state index contributed by atoms with van der Waals surface area (Å²) in [6, 6.07) is 10.0. The van der Waals surface area contributed by atoms with Gasteiger partial charge in [0.05, 0.1) is 6.20 Å². The van der Waals surface area contributed by atoms with Gasteiger partial charge in [0, 0.05) is 17.8 Å². The lowest BCUT2D eigenvalue weighted by Gasteiger charge is -2.20. The Balaban J connectivity index is 2.24. The topological polar surface area (TPSA) is 24.9 Å². The van der Waals surface area contributed by atoms with Crippen molar-refractivity contribution in [3.05, 3.63) is 65.2 Å². The third-order valence-corrected chi connectivity index (χ3v) is 3.51. The van der Waals surface area contributed by atoms with E-state index in [4.69, 9.17) is 0 Å². The molecule has 1 aromatic heterocycles. The predicted molar refractivity (Wildman–Crippen MR) is 80.1 cm³/mol. The minimum Gasteiger partial charge on any atom is -0.310 e. The molecule has 0 saturated heterocycles. The fourth-order valence-corrected chi connectivity index (χ4v) is 2.34. The Kier molecular flexibility index (Phi) is 5.24. The highest BCUT2D eigenvalue weighted by atomic mass is 19.1. The third-order valence-electron chi connectivity index (χ3n) is 3.51. The number of aryl methyl sites for hydroxylation is 1. The van der Waals surface area contributed by atoms with Crippen molar-refractivity contribution in [2.24, 2.45) is 0 Å². The van der Waals surface area contributed by atoms with E-state index < -0.39 is 0 Å². The number of nitrogens with zero attached hydrogens (tertiary/aromatic N) is 1. The van der Waals surface area contributed by atoms with Crippen molar-refractivity contribution < 1.29 is 4.39 Å². The number of pyridine rings is 1. The summed E-state index contributed by atoms with van der Waals surface area (Å²) in [6.45, 7) is 5.08. The number of hydrogen-bond donors (Lipinski definition) is 1. The molecule has 1 heterocycles. The first kappa shape index (κ1) is 14.7. The van der Waals surface area contributed by atoms with Crippen molar-refractivity contribution in [3.8, 4) is 0 Å². The fourth-order valence-electron chi connectivity index (χ4n) is 2.34. The summed E-state index contributed by atoms with van der Waals surface area (Å²) in [5.74, 6) is -0.241. The standard InChI is InChI=1S/C17H21FN2/c1-3-9-20-17(15-8-10-19-12-16(15)18)11-14-7-5-4-6-13(14)2/h4-8,10,12,17,20H,3,9,11H2,1-2H3. The summed E-state index contributed by atoms with van der Waals surface area (Å²) in [5, 5.41) is 3.43. The van der Waals surface area contributed by atoms with Gasteiger partial charge in [0.25, 0.3) is 0 Å². The number of nitrogens with one attached hydrogen (secondary N) is 1. The maximum absolute atomic E-state index is 14.0. The predicted octanol–water partition coefficient (Wildman–Crippen LogP) is 3.81. The molecule has 1 unspecified atom stereocenters. The molecular weight excluding hydrogens is 251 g/mol. The summed E-state index contributed by atoms with van der Waals surface area (Å²) in [7, 11) is 0. The lowest BCUT2D eigenvalue weighted by molar-refractivity contribution is 0.494. The van der Waals surface area contributed by atoms with Crippen molar-refractivity contribution in [1.82, 2.24) is 10.3 Å². The summed E-state index contributed by atoms with van der Waals surface area (Å²) in [4.78, 5) is 3.83. The highest BCUT2D eigenvalue weighted by molar-refractivity contribution is 5.29. The molecule has 3 heteroatoms. The van der Waals surface area contributed by atoms with Crippen LogP contribution in [0.15, 0.2) is 42.7 Å². The maximum Gasteiger partial charge on any atom is 0.146 e. The number of halogens is 1. The Bertz CT molecular complexity index is 554. The maximum atomic E-state index is 14.0. The molecule has 0 radical (unpaired) electrons. The van der Waals surface area contributed by atoms with Crippen LogP contribution in [-0.2, 0) is 6.42 Å². The van der Waals surface area contributed by atoms with Crippen molar-refractivity contribution in [2.45, 2.75) is 32.7 Å². The van der Waals surface area contributed by atoms with Crippen molar-refractivity contribution in [3.63, 3.8) is 0 Å². The Morgan fingerprint density at radius 1 is 1.25 bits per heavy atom. The van der Waals surface area contributed by atoms with Crippen molar-refractivity contribution in [1.29, 1.82) is 0 Å². The minimum absolute atomic E-state index is 0.0148. The van der Waals surface area contributed by atoms with Gasteiger partial charge in [-0.15, -0.1) is 0 Å². The second kappa shape index (κ2) is 7.15. The second-order valence-corrected chi connectivity index (χ2v) is 5.03. The zero-order valence-electron chi connectivity index (χ0n) is 12.1. The molecule has 0 aliphatic rings. The molecule has 0 amide bonds. The Labute approximate surface area is 120 Å². The number of benzene rings is 1. The van der Waals surface area contributed by atoms with E-state index in [0.29, 0.717) is 5.56 Å². The molecule has 1 aromatic carbocycles. The van der Waals surface area contributed by atoms with Crippen LogP contribution >= 0.6 is 0 Å². The molecule has 2 aromatic rings. The highest BCUT2D eigenvalue weighted by Crippen LogP contribution is 2.22. The van der Waals surface area contributed by atoms with E-state index >= 15 is 0 Å². The molecule has 2 nitrogen and oxygen atoms in total. The summed E-state index contributed by atoms with van der Waals surface area (Å²) < 4.78 is 14.0. The number of rotatable bonds is 6. The van der Waals surface area contributed by atoms with Crippen LogP contribution in [0.3, 0.4) is 0 Å². The molecule has 0 saturated carbocycles. The summed E-state index contributed by atoms with van der Waals surface area (Å²) >= 11 is 0. The number of aromatic nitrogens is 1. The van der Waals surface area contributed by atoms with Crippen LogP contribution in [0.25, 0.3) is 0 Å². The lowest BCUT2D eigenvalue weighted by atomic mass is 9.96. The molecule has 0 aliphatic heterocycles. The van der Waals surface area contributed by atoms with Gasteiger partial charge in [0.15, 0.2) is 0 Å². The van der Waals surface area contributed by atoms with Gasteiger partial charge in [-0.25, -0.2) is 4.39 Å². The van der Waals surface area contributed by atoms with Gasteiger partial charge in [-0.2, -0.15) is 0 Å². The van der Waals surface area contributed by atoms with Crippen LogP contribution in [0.2, 0.25) is 0 Å². The van der Waals surface area contributed by atoms with Gasteiger partial charge in [-0.05, 0) is 43.5 Å². The lowest BCUT2D eigenvalue weighted by Crippen LogP contribution is -2.25. The molecular formula is C17H21FN2. The first-order valence-corrected chi connectivity index (χ1v) is 7.09. The highest BCUT2D eigenvalue weighted by Gasteiger charge is 2.16. The molecule has 2 rings (SSSR count). The summed E-state index contributed by atoms with van der Waals surface area (Å²) in [6.07, 6.45) is 4.75. The van der Waals surface area contributed by atoms with Crippen LogP contribution in [0.1, 0.15) is 36.1 Å². The van der Waals surface area contributed by atoms with E-state index in [1.165, 1.54) is 17.3 Å². The molecule has 1 N–H and O–H groups in total. The smallest absolute Gasteiger partial charge is 0.146 e. The van der Waals surface area contributed by atoms with Crippen LogP contribution in [0.5, 0.6) is 0 Å². The SMILES string of the molecule is CCCNC(Cc1ccccc1C)c1ccncc1F. The van der Waals surface area contributed by atoms with E-state index in [-0.39, 0.29) is 11.9 Å². The zero-order valence-corrected chi connectivity index (χ0v) is 12.1. The van der Waals surface area contributed by atoms with Gasteiger partial charge in [-0.1, -0.05) is 31.2 Å². The van der Waals surface area contributed by atoms with Crippen LogP contribution in [-0.4, -0.2) is 11.5 Å². The summed E-state index contributed by atoms with van der Waals surface area (Å²) in [5.41, 5.74) is 3.18. The minimum atomic E-state index is -0.241. The molecule has 106 valence electrons. The van der Waals surface area contributed by atoms with E-state index in [9.17, 15) is 4.39 Å². The van der Waals surface area contributed by atoms with E-state index in [0.717, 1.165) is 19.4 Å². The van der Waals surface area contributed by atoms with E-state index in [1.54, 1.807) is 12.3 Å². The van der Waals surface area contributed by atoms with Crippen molar-refractivity contribution >= 4 is 0 Å². The quantitative estimate of drug-likeness (QED) is 0.865. The molecule has 0 bridgehead atoms. The Hall–Kier alpha value is -1.74. The van der Waals surface area contributed by atoms with Gasteiger partial charge in [0.1, 0.15) is 5.82 Å². The van der Waals surface area contributed by atoms with Gasteiger partial charge >= 0.3 is 0 Å². The molecule has 0 spiro atoms. The molecule has 20 heavy (non-hydrogen) atoms. The van der Waals surface area contributed by atoms with Crippen LogP contribution < -0.4 is 5.32 Å². The normalized spacial score (nSPS) is 12.3. The number of hydrogen-bond acceptors (Lipinski definition) is 2. The average molecular weight is 272 g/mol. The van der Waals surface area contributed by atoms with Crippen LogP contribution in [0, 0.1) is 12.7 Å². The fraction of sp³-hybridized carbons (Fsp3) is 0.353. The van der Waals surface area contributed by atoms with Crippen molar-refractivity contribution in [2.75, 3.05) is 6.54 Å². The first-order valence-electron chi connectivity index (χ1n) is 7.09. The monoisotopic (exact) mass is 272 g/mol. The Morgan fingerprint density at radius 2 is 2.05 bits per heavy atom. The third kappa shape index (κ3) is 3.64. The van der Waals surface area contributed by atoms with E-state index in [1.807, 2.05) is 12.1 Å². The first-order chi connectivity index (χ1) is 9.72. The Morgan fingerprint density at radius 3 is 2.75 bits per heavy atom. The molecule has 1 atom stereocenters. The zero-order chi connectivity index (χ0) is 14.4. The molecule has 0 aliphatic carbocycles.